The Labute approximate surface area is 168 Å². The quantitative estimate of drug-likeness (QED) is 0.697. The second-order valence-electron chi connectivity index (χ2n) is 9.21. The van der Waals surface area contributed by atoms with Gasteiger partial charge in [0.05, 0.1) is 12.5 Å². The summed E-state index contributed by atoms with van der Waals surface area (Å²) in [4.78, 5) is 44.1. The van der Waals surface area contributed by atoms with E-state index in [1.54, 1.807) is 4.90 Å². The van der Waals surface area contributed by atoms with Gasteiger partial charge in [-0.2, -0.15) is 0 Å². The Morgan fingerprint density at radius 3 is 1.96 bits per heavy atom. The highest BCUT2D eigenvalue weighted by molar-refractivity contribution is 5.89. The average Bonchev–Trinajstić information content (AvgIpc) is 3.10. The Morgan fingerprint density at radius 2 is 1.32 bits per heavy atom. The topological polar surface area (TPSA) is 60.9 Å². The predicted octanol–water partition coefficient (Wildman–Crippen LogP) is 2.56. The predicted molar refractivity (Wildman–Crippen MR) is 106 cm³/mol. The summed E-state index contributed by atoms with van der Waals surface area (Å²) in [7, 11) is 0. The molecule has 6 heteroatoms. The first-order valence-corrected chi connectivity index (χ1v) is 11.5. The summed E-state index contributed by atoms with van der Waals surface area (Å²) < 4.78 is 0. The van der Waals surface area contributed by atoms with Gasteiger partial charge in [0.15, 0.2) is 0 Å². The highest BCUT2D eigenvalue weighted by atomic mass is 16.2. The second kappa shape index (κ2) is 8.83. The van der Waals surface area contributed by atoms with Gasteiger partial charge in [0, 0.05) is 38.1 Å². The Hall–Kier alpha value is -1.59. The maximum absolute atomic E-state index is 13.1. The van der Waals surface area contributed by atoms with E-state index in [0.29, 0.717) is 44.6 Å². The molecule has 6 nitrogen and oxygen atoms in total. The fraction of sp³-hybridized carbons (Fsp3) is 0.864. The van der Waals surface area contributed by atoms with Crippen molar-refractivity contribution in [3.8, 4) is 0 Å². The smallest absolute Gasteiger partial charge is 0.242 e. The third kappa shape index (κ3) is 4.20. The summed E-state index contributed by atoms with van der Waals surface area (Å²) in [6.07, 6.45) is 12.8. The van der Waals surface area contributed by atoms with Crippen molar-refractivity contribution in [2.75, 3.05) is 26.2 Å². The number of nitrogens with zero attached hydrogens (tertiary/aromatic N) is 3. The van der Waals surface area contributed by atoms with E-state index in [1.807, 2.05) is 9.80 Å². The first kappa shape index (κ1) is 19.7. The van der Waals surface area contributed by atoms with Crippen molar-refractivity contribution in [2.45, 2.75) is 89.1 Å². The highest BCUT2D eigenvalue weighted by Crippen LogP contribution is 2.29. The fourth-order valence-corrected chi connectivity index (χ4v) is 5.73. The molecule has 2 saturated heterocycles. The monoisotopic (exact) mass is 389 g/mol. The van der Waals surface area contributed by atoms with Crippen LogP contribution in [0.2, 0.25) is 0 Å². The minimum Gasteiger partial charge on any atom is -0.339 e. The van der Waals surface area contributed by atoms with Gasteiger partial charge in [0.25, 0.3) is 0 Å². The molecule has 1 unspecified atom stereocenters. The average molecular weight is 390 g/mol. The zero-order chi connectivity index (χ0) is 19.5. The molecule has 0 radical (unpaired) electrons. The minimum absolute atomic E-state index is 0.0885. The van der Waals surface area contributed by atoms with Crippen molar-refractivity contribution < 1.29 is 14.4 Å². The molecule has 4 fully saturated rings. The lowest BCUT2D eigenvalue weighted by Crippen LogP contribution is -2.57. The summed E-state index contributed by atoms with van der Waals surface area (Å²) in [6.45, 7) is 2.10. The molecule has 2 aliphatic carbocycles. The standard InChI is InChI=1S/C22H35N3O3/c26-20-12-11-17(15-25(20)19-7-3-1-2-4-8-19)22(28)23-13-14-24(21(27)16-23)18-9-5-6-10-18/h17-19H,1-16H2. The van der Waals surface area contributed by atoms with Crippen LogP contribution >= 0.6 is 0 Å². The molecule has 1 atom stereocenters. The highest BCUT2D eigenvalue weighted by Gasteiger charge is 2.39. The molecule has 4 rings (SSSR count). The zero-order valence-corrected chi connectivity index (χ0v) is 17.1. The molecular weight excluding hydrogens is 354 g/mol. The maximum Gasteiger partial charge on any atom is 0.242 e. The number of likely N-dealkylation sites (tertiary alicyclic amines) is 1. The van der Waals surface area contributed by atoms with E-state index >= 15 is 0 Å². The van der Waals surface area contributed by atoms with Crippen LogP contribution in [0, 0.1) is 5.92 Å². The largest absolute Gasteiger partial charge is 0.339 e. The van der Waals surface area contributed by atoms with E-state index in [1.165, 1.54) is 38.5 Å². The number of hydrogen-bond acceptors (Lipinski definition) is 3. The summed E-state index contributed by atoms with van der Waals surface area (Å²) >= 11 is 0. The second-order valence-corrected chi connectivity index (χ2v) is 9.21. The molecule has 0 spiro atoms. The van der Waals surface area contributed by atoms with Crippen LogP contribution in [0.25, 0.3) is 0 Å². The lowest BCUT2D eigenvalue weighted by Gasteiger charge is -2.42. The van der Waals surface area contributed by atoms with E-state index in [4.69, 9.17) is 0 Å². The number of rotatable bonds is 3. The Morgan fingerprint density at radius 1 is 0.714 bits per heavy atom. The van der Waals surface area contributed by atoms with E-state index in [2.05, 4.69) is 0 Å². The Bertz CT molecular complexity index is 594. The number of piperidine rings is 1. The molecule has 2 saturated carbocycles. The summed E-state index contributed by atoms with van der Waals surface area (Å²) in [5.41, 5.74) is 0. The third-order valence-electron chi connectivity index (χ3n) is 7.39. The molecule has 2 aliphatic heterocycles. The van der Waals surface area contributed by atoms with Gasteiger partial charge in [-0.25, -0.2) is 0 Å². The number of hydrogen-bond donors (Lipinski definition) is 0. The fourth-order valence-electron chi connectivity index (χ4n) is 5.73. The number of carbonyl (C=O) groups is 3. The number of amides is 3. The summed E-state index contributed by atoms with van der Waals surface area (Å²) in [6, 6.07) is 0.703. The first-order chi connectivity index (χ1) is 13.6. The van der Waals surface area contributed by atoms with Crippen molar-refractivity contribution in [1.82, 2.24) is 14.7 Å². The molecule has 156 valence electrons. The molecule has 0 bridgehead atoms. The van der Waals surface area contributed by atoms with E-state index in [-0.39, 0.29) is 30.2 Å². The maximum atomic E-state index is 13.1. The SMILES string of the molecule is O=C(C1CCC(=O)N(C2CCCCCC2)C1)N1CCN(C2CCCC2)C(=O)C1. The van der Waals surface area contributed by atoms with Gasteiger partial charge < -0.3 is 14.7 Å². The molecule has 0 aromatic rings. The van der Waals surface area contributed by atoms with Crippen molar-refractivity contribution in [3.63, 3.8) is 0 Å². The van der Waals surface area contributed by atoms with Crippen molar-refractivity contribution >= 4 is 17.7 Å². The first-order valence-electron chi connectivity index (χ1n) is 11.5. The lowest BCUT2D eigenvalue weighted by molar-refractivity contribution is -0.152. The van der Waals surface area contributed by atoms with Crippen LogP contribution in [0.5, 0.6) is 0 Å². The van der Waals surface area contributed by atoms with Gasteiger partial charge in [0.1, 0.15) is 0 Å². The molecule has 0 aromatic carbocycles. The molecular formula is C22H35N3O3. The van der Waals surface area contributed by atoms with Crippen LogP contribution in [0.3, 0.4) is 0 Å². The van der Waals surface area contributed by atoms with Gasteiger partial charge in [-0.05, 0) is 32.1 Å². The van der Waals surface area contributed by atoms with Crippen LogP contribution in [-0.2, 0) is 14.4 Å². The van der Waals surface area contributed by atoms with Gasteiger partial charge in [-0.15, -0.1) is 0 Å². The van der Waals surface area contributed by atoms with Crippen LogP contribution in [-0.4, -0.2) is 70.7 Å². The zero-order valence-electron chi connectivity index (χ0n) is 17.1. The number of carbonyl (C=O) groups excluding carboxylic acids is 3. The van der Waals surface area contributed by atoms with Crippen LogP contribution in [0.1, 0.15) is 77.0 Å². The van der Waals surface area contributed by atoms with Gasteiger partial charge in [-0.3, -0.25) is 14.4 Å². The molecule has 3 amide bonds. The molecule has 28 heavy (non-hydrogen) atoms. The molecule has 2 heterocycles. The van der Waals surface area contributed by atoms with E-state index in [0.717, 1.165) is 25.7 Å². The van der Waals surface area contributed by atoms with Crippen molar-refractivity contribution in [2.24, 2.45) is 5.92 Å². The van der Waals surface area contributed by atoms with Crippen LogP contribution in [0.15, 0.2) is 0 Å². The third-order valence-corrected chi connectivity index (χ3v) is 7.39. The van der Waals surface area contributed by atoms with Gasteiger partial charge in [0.2, 0.25) is 17.7 Å². The molecule has 0 aromatic heterocycles. The Balaban J connectivity index is 1.35. The normalized spacial score (nSPS) is 28.7. The van der Waals surface area contributed by atoms with E-state index in [9.17, 15) is 14.4 Å². The molecule has 4 aliphatic rings. The summed E-state index contributed by atoms with van der Waals surface area (Å²) in [5.74, 6) is 0.286. The van der Waals surface area contributed by atoms with Crippen molar-refractivity contribution in [3.05, 3.63) is 0 Å². The van der Waals surface area contributed by atoms with Crippen LogP contribution < -0.4 is 0 Å². The van der Waals surface area contributed by atoms with Crippen molar-refractivity contribution in [1.29, 1.82) is 0 Å². The van der Waals surface area contributed by atoms with Gasteiger partial charge in [-0.1, -0.05) is 38.5 Å². The minimum atomic E-state index is -0.133. The summed E-state index contributed by atoms with van der Waals surface area (Å²) in [5, 5.41) is 0. The lowest BCUT2D eigenvalue weighted by atomic mass is 9.93. The Kier molecular flexibility index (Phi) is 6.22. The van der Waals surface area contributed by atoms with E-state index < -0.39 is 0 Å². The van der Waals surface area contributed by atoms with Crippen LogP contribution in [0.4, 0.5) is 0 Å². The number of piperazine rings is 1. The molecule has 0 N–H and O–H groups in total. The van der Waals surface area contributed by atoms with Gasteiger partial charge >= 0.3 is 0 Å².